The van der Waals surface area contributed by atoms with E-state index in [0.29, 0.717) is 33.6 Å². The third kappa shape index (κ3) is 5.23. The average molecular weight is 499 g/mol. The predicted molar refractivity (Wildman–Crippen MR) is 135 cm³/mol. The van der Waals surface area contributed by atoms with Crippen molar-refractivity contribution in [3.63, 3.8) is 0 Å². The molecule has 184 valence electrons. The van der Waals surface area contributed by atoms with Gasteiger partial charge in [-0.25, -0.2) is 4.98 Å². The zero-order chi connectivity index (χ0) is 26.2. The second-order valence-corrected chi connectivity index (χ2v) is 8.57. The van der Waals surface area contributed by atoms with Crippen LogP contribution in [0, 0.1) is 18.8 Å². The number of hydrogen-bond donors (Lipinski definition) is 2. The van der Waals surface area contributed by atoms with Crippen molar-refractivity contribution < 1.29 is 18.0 Å². The molecule has 3 heterocycles. The first-order chi connectivity index (χ1) is 17.7. The molecule has 3 aromatic heterocycles. The van der Waals surface area contributed by atoms with Crippen molar-refractivity contribution >= 4 is 22.6 Å². The van der Waals surface area contributed by atoms with E-state index in [9.17, 15) is 18.0 Å². The van der Waals surface area contributed by atoms with Crippen molar-refractivity contribution in [3.05, 3.63) is 101 Å². The monoisotopic (exact) mass is 499 g/mol. The molecule has 5 aromatic rings. The van der Waals surface area contributed by atoms with Crippen LogP contribution in [0.2, 0.25) is 0 Å². The fourth-order valence-electron chi connectivity index (χ4n) is 3.84. The molecule has 0 saturated heterocycles. The molecule has 0 unspecified atom stereocenters. The normalized spacial score (nSPS) is 11.3. The number of fused-ring (bicyclic) bond motifs is 1. The van der Waals surface area contributed by atoms with E-state index in [0.717, 1.165) is 23.1 Å². The maximum Gasteiger partial charge on any atom is 0.416 e. The Labute approximate surface area is 210 Å². The maximum atomic E-state index is 13.5. The number of rotatable bonds is 3. The summed E-state index contributed by atoms with van der Waals surface area (Å²) in [4.78, 5) is 20.0. The van der Waals surface area contributed by atoms with Gasteiger partial charge >= 0.3 is 6.18 Å². The first kappa shape index (κ1) is 23.9. The minimum Gasteiger partial charge on any atom is -0.346 e. The summed E-state index contributed by atoms with van der Waals surface area (Å²) in [7, 11) is 1.70. The Morgan fingerprint density at radius 3 is 2.57 bits per heavy atom. The molecule has 0 aliphatic heterocycles. The molecular formula is C28H20F3N5O. The van der Waals surface area contributed by atoms with E-state index < -0.39 is 11.7 Å². The lowest BCUT2D eigenvalue weighted by atomic mass is 10.0. The highest BCUT2D eigenvalue weighted by atomic mass is 19.4. The fraction of sp³-hybridized carbons (Fsp3) is 0.107. The van der Waals surface area contributed by atoms with Gasteiger partial charge in [0.25, 0.3) is 5.91 Å². The van der Waals surface area contributed by atoms with Crippen LogP contribution in [0.1, 0.15) is 32.6 Å². The van der Waals surface area contributed by atoms with Crippen LogP contribution in [-0.2, 0) is 13.2 Å². The lowest BCUT2D eigenvalue weighted by Gasteiger charge is -2.10. The Hall–Kier alpha value is -4.84. The highest BCUT2D eigenvalue weighted by Gasteiger charge is 2.31. The van der Waals surface area contributed by atoms with Crippen LogP contribution in [0.4, 0.5) is 18.9 Å². The summed E-state index contributed by atoms with van der Waals surface area (Å²) in [6, 6.07) is 12.5. The minimum absolute atomic E-state index is 0.214. The second-order valence-electron chi connectivity index (χ2n) is 8.57. The first-order valence-corrected chi connectivity index (χ1v) is 11.2. The molecule has 0 radical (unpaired) electrons. The molecule has 0 atom stereocenters. The van der Waals surface area contributed by atoms with Crippen LogP contribution in [0.5, 0.6) is 0 Å². The third-order valence-corrected chi connectivity index (χ3v) is 5.80. The number of alkyl halides is 3. The quantitative estimate of drug-likeness (QED) is 0.302. The highest BCUT2D eigenvalue weighted by Crippen LogP contribution is 2.33. The van der Waals surface area contributed by atoms with Crippen molar-refractivity contribution in [2.75, 3.05) is 5.32 Å². The van der Waals surface area contributed by atoms with Gasteiger partial charge in [-0.3, -0.25) is 9.48 Å². The molecule has 37 heavy (non-hydrogen) atoms. The van der Waals surface area contributed by atoms with Gasteiger partial charge in [-0.05, 0) is 60.5 Å². The van der Waals surface area contributed by atoms with Crippen LogP contribution < -0.4 is 5.32 Å². The van der Waals surface area contributed by atoms with Crippen molar-refractivity contribution in [1.82, 2.24) is 19.7 Å². The van der Waals surface area contributed by atoms with Gasteiger partial charge in [0, 0.05) is 53.4 Å². The number of aromatic nitrogens is 4. The Balaban J connectivity index is 1.44. The number of amides is 1. The minimum atomic E-state index is -4.52. The van der Waals surface area contributed by atoms with Gasteiger partial charge in [-0.15, -0.1) is 0 Å². The van der Waals surface area contributed by atoms with Crippen molar-refractivity contribution in [3.8, 4) is 23.0 Å². The summed E-state index contributed by atoms with van der Waals surface area (Å²) >= 11 is 0. The summed E-state index contributed by atoms with van der Waals surface area (Å²) in [5.74, 6) is 5.42. The van der Waals surface area contributed by atoms with Gasteiger partial charge in [0.05, 0.1) is 17.3 Å². The Morgan fingerprint density at radius 1 is 1.00 bits per heavy atom. The van der Waals surface area contributed by atoms with E-state index in [4.69, 9.17) is 0 Å². The molecule has 1 amide bonds. The van der Waals surface area contributed by atoms with E-state index >= 15 is 0 Å². The Morgan fingerprint density at radius 2 is 1.81 bits per heavy atom. The van der Waals surface area contributed by atoms with Crippen molar-refractivity contribution in [2.24, 2.45) is 7.05 Å². The van der Waals surface area contributed by atoms with Gasteiger partial charge in [0.2, 0.25) is 0 Å². The molecule has 0 fully saturated rings. The standard InChI is InChI=1S/C28H20F3N5O/c1-17-3-4-18(11-25(17)35-27(37)22-12-20-7-8-32-26(20)33-14-22)5-6-19-9-21(23-15-34-36(2)16-23)13-24(10-19)28(29,30)31/h3-4,7-16H,1-2H3,(H,32,33)(H,35,37). The maximum absolute atomic E-state index is 13.5. The number of H-pyrrole nitrogens is 1. The number of halogens is 3. The summed E-state index contributed by atoms with van der Waals surface area (Å²) in [6.45, 7) is 1.84. The van der Waals surface area contributed by atoms with Crippen LogP contribution >= 0.6 is 0 Å². The SMILES string of the molecule is Cc1ccc(C#Cc2cc(-c3cnn(C)c3)cc(C(F)(F)F)c2)cc1NC(=O)c1cnc2[nH]ccc2c1. The molecule has 5 rings (SSSR count). The number of carbonyl (C=O) groups is 1. The van der Waals surface area contributed by atoms with Crippen molar-refractivity contribution in [2.45, 2.75) is 13.1 Å². The van der Waals surface area contributed by atoms with E-state index in [1.54, 1.807) is 49.8 Å². The molecular weight excluding hydrogens is 479 g/mol. The van der Waals surface area contributed by atoms with Crippen molar-refractivity contribution in [1.29, 1.82) is 0 Å². The van der Waals surface area contributed by atoms with Gasteiger partial charge in [0.15, 0.2) is 0 Å². The van der Waals surface area contributed by atoms with Gasteiger partial charge in [-0.2, -0.15) is 18.3 Å². The molecule has 0 spiro atoms. The number of aryl methyl sites for hydroxylation is 2. The van der Waals surface area contributed by atoms with Crippen LogP contribution in [0.25, 0.3) is 22.2 Å². The van der Waals surface area contributed by atoms with Crippen LogP contribution in [0.15, 0.2) is 73.3 Å². The second kappa shape index (κ2) is 9.32. The van der Waals surface area contributed by atoms with Gasteiger partial charge in [0.1, 0.15) is 5.65 Å². The Bertz CT molecular complexity index is 1700. The summed E-state index contributed by atoms with van der Waals surface area (Å²) in [5, 5.41) is 7.73. The number of anilines is 1. The number of aromatic amines is 1. The number of pyridine rings is 1. The lowest BCUT2D eigenvalue weighted by Crippen LogP contribution is -2.13. The molecule has 0 bridgehead atoms. The topological polar surface area (TPSA) is 75.6 Å². The number of hydrogen-bond acceptors (Lipinski definition) is 3. The molecule has 0 aliphatic rings. The summed E-state index contributed by atoms with van der Waals surface area (Å²) < 4.78 is 42.2. The van der Waals surface area contributed by atoms with E-state index in [1.807, 2.05) is 13.0 Å². The van der Waals surface area contributed by atoms with E-state index in [2.05, 4.69) is 32.2 Å². The number of carbonyl (C=O) groups excluding carboxylic acids is 1. The van der Waals surface area contributed by atoms with E-state index in [1.165, 1.54) is 17.1 Å². The molecule has 2 N–H and O–H groups in total. The smallest absolute Gasteiger partial charge is 0.346 e. The zero-order valence-electron chi connectivity index (χ0n) is 19.8. The Kier molecular flexibility index (Phi) is 6.01. The molecule has 6 nitrogen and oxygen atoms in total. The highest BCUT2D eigenvalue weighted by molar-refractivity contribution is 6.06. The van der Waals surface area contributed by atoms with Crippen LogP contribution in [0.3, 0.4) is 0 Å². The first-order valence-electron chi connectivity index (χ1n) is 11.2. The molecule has 0 saturated carbocycles. The largest absolute Gasteiger partial charge is 0.416 e. The van der Waals surface area contributed by atoms with E-state index in [-0.39, 0.29) is 11.5 Å². The molecule has 2 aromatic carbocycles. The lowest BCUT2D eigenvalue weighted by molar-refractivity contribution is -0.137. The summed E-state index contributed by atoms with van der Waals surface area (Å²) in [6.07, 6.45) is 1.86. The van der Waals surface area contributed by atoms with Gasteiger partial charge < -0.3 is 10.3 Å². The number of nitrogens with one attached hydrogen (secondary N) is 2. The fourth-order valence-corrected chi connectivity index (χ4v) is 3.84. The molecule has 9 heteroatoms. The number of benzene rings is 2. The number of nitrogens with zero attached hydrogens (tertiary/aromatic N) is 3. The predicted octanol–water partition coefficient (Wildman–Crippen LogP) is 5.94. The molecule has 0 aliphatic carbocycles. The summed E-state index contributed by atoms with van der Waals surface area (Å²) in [5.41, 5.74) is 3.34. The van der Waals surface area contributed by atoms with Gasteiger partial charge in [-0.1, -0.05) is 17.9 Å². The zero-order valence-corrected chi connectivity index (χ0v) is 19.8. The van der Waals surface area contributed by atoms with Crippen LogP contribution in [-0.4, -0.2) is 25.7 Å². The average Bonchev–Trinajstić information content (AvgIpc) is 3.52. The third-order valence-electron chi connectivity index (χ3n) is 5.80.